The van der Waals surface area contributed by atoms with E-state index in [9.17, 15) is 13.2 Å². The van der Waals surface area contributed by atoms with Crippen molar-refractivity contribution in [1.29, 1.82) is 0 Å². The van der Waals surface area contributed by atoms with Crippen molar-refractivity contribution in [3.05, 3.63) is 18.0 Å². The third-order valence-electron chi connectivity index (χ3n) is 3.33. The van der Waals surface area contributed by atoms with E-state index in [0.29, 0.717) is 12.5 Å². The number of rotatable bonds is 7. The Morgan fingerprint density at radius 3 is 2.53 bits per heavy atom. The molecule has 6 heteroatoms. The molecule has 1 aromatic rings. The van der Waals surface area contributed by atoms with Gasteiger partial charge in [-0.15, -0.1) is 0 Å². The molecule has 2 atom stereocenters. The second-order valence-electron chi connectivity index (χ2n) is 4.89. The molecule has 19 heavy (non-hydrogen) atoms. The minimum Gasteiger partial charge on any atom is -0.312 e. The first-order valence-electron chi connectivity index (χ1n) is 6.71. The molecule has 110 valence electrons. The highest BCUT2D eigenvalue weighted by molar-refractivity contribution is 5.08. The van der Waals surface area contributed by atoms with Crippen LogP contribution in [-0.2, 0) is 12.7 Å². The van der Waals surface area contributed by atoms with Crippen molar-refractivity contribution in [1.82, 2.24) is 15.1 Å². The monoisotopic (exact) mass is 277 g/mol. The van der Waals surface area contributed by atoms with Crippen LogP contribution >= 0.6 is 0 Å². The van der Waals surface area contributed by atoms with E-state index >= 15 is 0 Å². The Morgan fingerprint density at radius 2 is 2.05 bits per heavy atom. The summed E-state index contributed by atoms with van der Waals surface area (Å²) in [5.41, 5.74) is -0.689. The average Bonchev–Trinajstić information content (AvgIpc) is 2.81. The first kappa shape index (κ1) is 16.0. The van der Waals surface area contributed by atoms with Crippen LogP contribution in [0.5, 0.6) is 0 Å². The maximum Gasteiger partial charge on any atom is 0.419 e. The number of hydrogen-bond acceptors (Lipinski definition) is 2. The highest BCUT2D eigenvalue weighted by Gasteiger charge is 2.32. The van der Waals surface area contributed by atoms with Gasteiger partial charge in [0.05, 0.1) is 18.3 Å². The van der Waals surface area contributed by atoms with Crippen molar-refractivity contribution in [2.24, 2.45) is 5.92 Å². The summed E-state index contributed by atoms with van der Waals surface area (Å²) in [5, 5.41) is 7.18. The molecule has 0 aliphatic rings. The highest BCUT2D eigenvalue weighted by atomic mass is 19.4. The third-order valence-corrected chi connectivity index (χ3v) is 3.33. The molecule has 0 amide bonds. The van der Waals surface area contributed by atoms with E-state index in [0.717, 1.165) is 31.8 Å². The van der Waals surface area contributed by atoms with Crippen LogP contribution in [0.2, 0.25) is 0 Å². The Morgan fingerprint density at radius 1 is 1.37 bits per heavy atom. The van der Waals surface area contributed by atoms with Crippen molar-refractivity contribution in [2.75, 3.05) is 6.54 Å². The molecule has 1 rings (SSSR count). The van der Waals surface area contributed by atoms with Crippen LogP contribution in [0.3, 0.4) is 0 Å². The number of hydrogen-bond donors (Lipinski definition) is 1. The summed E-state index contributed by atoms with van der Waals surface area (Å²) in [6.45, 7) is 7.57. The molecule has 0 aromatic carbocycles. The SMILES string of the molecule is CCCNC(Cn1cc(C(F)(F)F)cn1)C(C)CC. The maximum absolute atomic E-state index is 12.5. The topological polar surface area (TPSA) is 29.9 Å². The number of nitrogens with one attached hydrogen (secondary N) is 1. The Labute approximate surface area is 112 Å². The van der Waals surface area contributed by atoms with Gasteiger partial charge in [-0.1, -0.05) is 27.2 Å². The predicted octanol–water partition coefficient (Wildman–Crippen LogP) is 3.32. The molecule has 0 radical (unpaired) electrons. The Hall–Kier alpha value is -1.04. The molecule has 0 saturated heterocycles. The van der Waals surface area contributed by atoms with Gasteiger partial charge in [0.1, 0.15) is 0 Å². The van der Waals surface area contributed by atoms with E-state index in [1.54, 1.807) is 0 Å². The smallest absolute Gasteiger partial charge is 0.312 e. The summed E-state index contributed by atoms with van der Waals surface area (Å²) >= 11 is 0. The second kappa shape index (κ2) is 6.93. The number of halogens is 3. The molecule has 2 unspecified atom stereocenters. The maximum atomic E-state index is 12.5. The Kier molecular flexibility index (Phi) is 5.85. The highest BCUT2D eigenvalue weighted by Crippen LogP contribution is 2.28. The molecule has 0 bridgehead atoms. The summed E-state index contributed by atoms with van der Waals surface area (Å²) in [6.07, 6.45) is -0.383. The minimum absolute atomic E-state index is 0.144. The Balaban J connectivity index is 2.70. The molecule has 1 aromatic heterocycles. The summed E-state index contributed by atoms with van der Waals surface area (Å²) < 4.78 is 38.9. The van der Waals surface area contributed by atoms with Crippen molar-refractivity contribution < 1.29 is 13.2 Å². The molecule has 0 spiro atoms. The van der Waals surface area contributed by atoms with Crippen LogP contribution in [0.4, 0.5) is 13.2 Å². The quantitative estimate of drug-likeness (QED) is 0.828. The van der Waals surface area contributed by atoms with Gasteiger partial charge in [0.2, 0.25) is 0 Å². The van der Waals surface area contributed by atoms with Gasteiger partial charge in [0, 0.05) is 12.2 Å². The fourth-order valence-corrected chi connectivity index (χ4v) is 1.87. The van der Waals surface area contributed by atoms with Crippen LogP contribution in [0.25, 0.3) is 0 Å². The lowest BCUT2D eigenvalue weighted by molar-refractivity contribution is -0.137. The Bertz CT molecular complexity index is 373. The normalized spacial score (nSPS) is 15.5. The lowest BCUT2D eigenvalue weighted by atomic mass is 9.99. The second-order valence-corrected chi connectivity index (χ2v) is 4.89. The van der Waals surface area contributed by atoms with E-state index in [1.165, 1.54) is 4.68 Å². The summed E-state index contributed by atoms with van der Waals surface area (Å²) in [4.78, 5) is 0. The standard InChI is InChI=1S/C13H22F3N3/c1-4-6-17-12(10(3)5-2)9-19-8-11(7-18-19)13(14,15)16/h7-8,10,12,17H,4-6,9H2,1-3H3. The number of aromatic nitrogens is 2. The largest absolute Gasteiger partial charge is 0.419 e. The van der Waals surface area contributed by atoms with E-state index < -0.39 is 11.7 Å². The molecule has 1 N–H and O–H groups in total. The fraction of sp³-hybridized carbons (Fsp3) is 0.769. The molecular formula is C13H22F3N3. The summed E-state index contributed by atoms with van der Waals surface area (Å²) in [5.74, 6) is 0.394. The van der Waals surface area contributed by atoms with Crippen LogP contribution in [0.1, 0.15) is 39.2 Å². The number of nitrogens with zero attached hydrogens (tertiary/aromatic N) is 2. The van der Waals surface area contributed by atoms with E-state index in [2.05, 4.69) is 31.2 Å². The molecule has 1 heterocycles. The van der Waals surface area contributed by atoms with Gasteiger partial charge in [-0.25, -0.2) is 0 Å². The molecule has 0 saturated carbocycles. The van der Waals surface area contributed by atoms with Crippen molar-refractivity contribution in [3.63, 3.8) is 0 Å². The zero-order valence-corrected chi connectivity index (χ0v) is 11.7. The van der Waals surface area contributed by atoms with Crippen molar-refractivity contribution in [3.8, 4) is 0 Å². The van der Waals surface area contributed by atoms with E-state index in [1.807, 2.05) is 0 Å². The molecule has 0 aliphatic heterocycles. The first-order valence-corrected chi connectivity index (χ1v) is 6.71. The van der Waals surface area contributed by atoms with Crippen LogP contribution in [0, 0.1) is 5.92 Å². The lowest BCUT2D eigenvalue weighted by Crippen LogP contribution is -2.39. The van der Waals surface area contributed by atoms with Crippen molar-refractivity contribution >= 4 is 0 Å². The molecule has 0 aliphatic carbocycles. The van der Waals surface area contributed by atoms with E-state index in [-0.39, 0.29) is 6.04 Å². The van der Waals surface area contributed by atoms with E-state index in [4.69, 9.17) is 0 Å². The molecular weight excluding hydrogens is 255 g/mol. The van der Waals surface area contributed by atoms with Gasteiger partial charge in [0.25, 0.3) is 0 Å². The van der Waals surface area contributed by atoms with Gasteiger partial charge in [-0.05, 0) is 18.9 Å². The zero-order valence-electron chi connectivity index (χ0n) is 11.7. The average molecular weight is 277 g/mol. The predicted molar refractivity (Wildman–Crippen MR) is 68.8 cm³/mol. The van der Waals surface area contributed by atoms with Gasteiger partial charge >= 0.3 is 6.18 Å². The lowest BCUT2D eigenvalue weighted by Gasteiger charge is -2.24. The van der Waals surface area contributed by atoms with Crippen LogP contribution in [-0.4, -0.2) is 22.4 Å². The summed E-state index contributed by atoms with van der Waals surface area (Å²) in [6, 6.07) is 0.144. The van der Waals surface area contributed by atoms with Gasteiger partial charge in [-0.2, -0.15) is 18.3 Å². The van der Waals surface area contributed by atoms with Crippen molar-refractivity contribution in [2.45, 2.75) is 52.4 Å². The summed E-state index contributed by atoms with van der Waals surface area (Å²) in [7, 11) is 0. The van der Waals surface area contributed by atoms with Gasteiger partial charge < -0.3 is 5.32 Å². The zero-order chi connectivity index (χ0) is 14.5. The van der Waals surface area contributed by atoms with Crippen LogP contribution in [0.15, 0.2) is 12.4 Å². The number of alkyl halides is 3. The fourth-order valence-electron chi connectivity index (χ4n) is 1.87. The van der Waals surface area contributed by atoms with Gasteiger partial charge in [0.15, 0.2) is 0 Å². The first-order chi connectivity index (χ1) is 8.88. The molecule has 3 nitrogen and oxygen atoms in total. The van der Waals surface area contributed by atoms with Gasteiger partial charge in [-0.3, -0.25) is 4.68 Å². The minimum atomic E-state index is -4.32. The van der Waals surface area contributed by atoms with Crippen LogP contribution < -0.4 is 5.32 Å². The molecule has 0 fully saturated rings. The third kappa shape index (κ3) is 4.86.